The van der Waals surface area contributed by atoms with Crippen LogP contribution in [0.2, 0.25) is 0 Å². The van der Waals surface area contributed by atoms with Gasteiger partial charge in [0, 0.05) is 13.0 Å². The van der Waals surface area contributed by atoms with Gasteiger partial charge in [-0.3, -0.25) is 4.79 Å². The maximum Gasteiger partial charge on any atom is 0.306 e. The van der Waals surface area contributed by atoms with E-state index in [1.807, 2.05) is 6.92 Å². The van der Waals surface area contributed by atoms with Crippen LogP contribution >= 0.6 is 0 Å². The summed E-state index contributed by atoms with van der Waals surface area (Å²) in [5.41, 5.74) is 0. The summed E-state index contributed by atoms with van der Waals surface area (Å²) in [5, 5.41) is 9.30. The van der Waals surface area contributed by atoms with Crippen molar-refractivity contribution in [2.24, 2.45) is 0 Å². The molecule has 1 atom stereocenters. The molecule has 0 heterocycles. The Balaban J connectivity index is 3.29. The molecule has 4 nitrogen and oxygen atoms in total. The minimum atomic E-state index is -0.524. The minimum Gasteiger partial charge on any atom is -0.457 e. The van der Waals surface area contributed by atoms with E-state index in [-0.39, 0.29) is 12.6 Å². The van der Waals surface area contributed by atoms with Crippen LogP contribution in [0.4, 0.5) is 0 Å². The van der Waals surface area contributed by atoms with E-state index in [4.69, 9.17) is 9.47 Å². The van der Waals surface area contributed by atoms with Crippen LogP contribution in [0.5, 0.6) is 0 Å². The first-order valence-electron chi connectivity index (χ1n) is 14.3. The average molecular weight is 469 g/mol. The summed E-state index contributed by atoms with van der Waals surface area (Å²) in [6.07, 6.45) is 28.9. The zero-order valence-corrected chi connectivity index (χ0v) is 22.2. The smallest absolute Gasteiger partial charge is 0.306 e. The van der Waals surface area contributed by atoms with Crippen LogP contribution in [0.1, 0.15) is 142 Å². The Morgan fingerprint density at radius 2 is 1.18 bits per heavy atom. The maximum absolute atomic E-state index is 11.6. The second-order valence-electron chi connectivity index (χ2n) is 9.47. The highest BCUT2D eigenvalue weighted by Crippen LogP contribution is 2.12. The Kier molecular flexibility index (Phi) is 26.7. The molecule has 4 heteroatoms. The zero-order chi connectivity index (χ0) is 24.2. The molecule has 0 spiro atoms. The van der Waals surface area contributed by atoms with Gasteiger partial charge in [0.25, 0.3) is 0 Å². The summed E-state index contributed by atoms with van der Waals surface area (Å²) in [6, 6.07) is 0. The highest BCUT2D eigenvalue weighted by Gasteiger charge is 2.13. The van der Waals surface area contributed by atoms with Gasteiger partial charge in [-0.05, 0) is 38.5 Å². The monoisotopic (exact) mass is 468 g/mol. The number of carbonyl (C=O) groups is 1. The summed E-state index contributed by atoms with van der Waals surface area (Å²) < 4.78 is 10.8. The lowest BCUT2D eigenvalue weighted by atomic mass is 10.1. The Bertz CT molecular complexity index is 422. The van der Waals surface area contributed by atoms with Crippen molar-refractivity contribution < 1.29 is 19.4 Å². The van der Waals surface area contributed by atoms with Gasteiger partial charge in [-0.15, -0.1) is 0 Å². The van der Waals surface area contributed by atoms with E-state index in [2.05, 4.69) is 19.1 Å². The van der Waals surface area contributed by atoms with Crippen LogP contribution < -0.4 is 0 Å². The molecule has 0 rings (SSSR count). The van der Waals surface area contributed by atoms with Gasteiger partial charge in [-0.2, -0.15) is 0 Å². The topological polar surface area (TPSA) is 55.8 Å². The minimum absolute atomic E-state index is 0.174. The van der Waals surface area contributed by atoms with E-state index in [1.54, 1.807) is 0 Å². The van der Waals surface area contributed by atoms with Crippen LogP contribution in [0, 0.1) is 0 Å². The van der Waals surface area contributed by atoms with Crippen molar-refractivity contribution in [3.05, 3.63) is 12.2 Å². The maximum atomic E-state index is 11.6. The molecule has 0 aliphatic rings. The number of hydrogen-bond acceptors (Lipinski definition) is 4. The van der Waals surface area contributed by atoms with Gasteiger partial charge in [0.1, 0.15) is 6.10 Å². The van der Waals surface area contributed by atoms with Gasteiger partial charge in [0.15, 0.2) is 0 Å². The van der Waals surface area contributed by atoms with Crippen molar-refractivity contribution in [3.8, 4) is 0 Å². The van der Waals surface area contributed by atoms with E-state index < -0.39 is 6.10 Å². The first kappa shape index (κ1) is 32.1. The number of aliphatic hydroxyl groups is 1. The first-order chi connectivity index (χ1) is 16.2. The van der Waals surface area contributed by atoms with Gasteiger partial charge in [-0.25, -0.2) is 0 Å². The molecule has 0 saturated carbocycles. The molecule has 0 saturated heterocycles. The summed E-state index contributed by atoms with van der Waals surface area (Å²) in [6.45, 7) is 5.11. The lowest BCUT2D eigenvalue weighted by Crippen LogP contribution is -2.27. The summed E-state index contributed by atoms with van der Waals surface area (Å²) in [4.78, 5) is 11.6. The fourth-order valence-corrected chi connectivity index (χ4v) is 3.89. The molecule has 0 aromatic rings. The SMILES string of the molecule is CCCCCCCCC/C=C\CCCCCCCCCCOCC(CO)OC(=O)CCCC. The van der Waals surface area contributed by atoms with Crippen molar-refractivity contribution in [2.45, 2.75) is 148 Å². The zero-order valence-electron chi connectivity index (χ0n) is 22.2. The van der Waals surface area contributed by atoms with E-state index in [0.717, 1.165) is 19.3 Å². The number of unbranched alkanes of at least 4 members (excludes halogenated alkanes) is 16. The van der Waals surface area contributed by atoms with Crippen molar-refractivity contribution in [1.82, 2.24) is 0 Å². The first-order valence-corrected chi connectivity index (χ1v) is 14.3. The molecule has 196 valence electrons. The average Bonchev–Trinajstić information content (AvgIpc) is 2.82. The summed E-state index contributed by atoms with van der Waals surface area (Å²) in [5.74, 6) is -0.237. The summed E-state index contributed by atoms with van der Waals surface area (Å²) >= 11 is 0. The summed E-state index contributed by atoms with van der Waals surface area (Å²) in [7, 11) is 0. The number of allylic oxidation sites excluding steroid dienone is 2. The molecule has 0 fully saturated rings. The third-order valence-electron chi connectivity index (χ3n) is 6.09. The molecule has 0 aromatic carbocycles. The third-order valence-corrected chi connectivity index (χ3v) is 6.09. The van der Waals surface area contributed by atoms with Gasteiger partial charge >= 0.3 is 5.97 Å². The standard InChI is InChI=1S/C29H56O4/c1-3-5-7-8-9-10-11-12-13-14-15-16-17-18-19-20-21-22-23-25-32-27-28(26-30)33-29(31)24-6-4-2/h13-14,28,30H,3-12,15-27H2,1-2H3/b14-13-. The Morgan fingerprint density at radius 1 is 0.697 bits per heavy atom. The lowest BCUT2D eigenvalue weighted by molar-refractivity contribution is -0.154. The molecule has 0 aliphatic carbocycles. The normalized spacial score (nSPS) is 12.5. The Hall–Kier alpha value is -0.870. The molecule has 0 radical (unpaired) electrons. The fourth-order valence-electron chi connectivity index (χ4n) is 3.89. The van der Waals surface area contributed by atoms with E-state index in [1.165, 1.54) is 103 Å². The van der Waals surface area contributed by atoms with Crippen LogP contribution in [-0.2, 0) is 14.3 Å². The molecule has 33 heavy (non-hydrogen) atoms. The predicted octanol–water partition coefficient (Wildman–Crippen LogP) is 8.31. The van der Waals surface area contributed by atoms with Crippen LogP contribution in [0.25, 0.3) is 0 Å². The molecular formula is C29H56O4. The second kappa shape index (κ2) is 27.4. The van der Waals surface area contributed by atoms with Gasteiger partial charge in [0.05, 0.1) is 13.2 Å². The fraction of sp³-hybridized carbons (Fsp3) is 0.897. The highest BCUT2D eigenvalue weighted by atomic mass is 16.6. The number of esters is 1. The molecule has 1 N–H and O–H groups in total. The van der Waals surface area contributed by atoms with E-state index >= 15 is 0 Å². The molecule has 1 unspecified atom stereocenters. The highest BCUT2D eigenvalue weighted by molar-refractivity contribution is 5.69. The third kappa shape index (κ3) is 25.6. The Morgan fingerprint density at radius 3 is 1.70 bits per heavy atom. The number of hydrogen-bond donors (Lipinski definition) is 1. The number of rotatable bonds is 26. The molecule has 0 aliphatic heterocycles. The number of aliphatic hydroxyl groups excluding tert-OH is 1. The van der Waals surface area contributed by atoms with Crippen molar-refractivity contribution >= 4 is 5.97 Å². The van der Waals surface area contributed by atoms with Crippen LogP contribution in [0.15, 0.2) is 12.2 Å². The van der Waals surface area contributed by atoms with E-state index in [9.17, 15) is 9.90 Å². The van der Waals surface area contributed by atoms with Crippen LogP contribution in [-0.4, -0.2) is 37.0 Å². The van der Waals surface area contributed by atoms with Crippen molar-refractivity contribution in [1.29, 1.82) is 0 Å². The van der Waals surface area contributed by atoms with E-state index in [0.29, 0.717) is 19.6 Å². The number of carbonyl (C=O) groups excluding carboxylic acids is 1. The number of ether oxygens (including phenoxy) is 2. The Labute approximate surface area is 205 Å². The van der Waals surface area contributed by atoms with Gasteiger partial charge < -0.3 is 14.6 Å². The van der Waals surface area contributed by atoms with Crippen molar-refractivity contribution in [3.63, 3.8) is 0 Å². The molecule has 0 amide bonds. The molecule has 0 bridgehead atoms. The molecular weight excluding hydrogens is 412 g/mol. The quantitative estimate of drug-likeness (QED) is 0.0787. The van der Waals surface area contributed by atoms with Gasteiger partial charge in [-0.1, -0.05) is 109 Å². The second-order valence-corrected chi connectivity index (χ2v) is 9.47. The van der Waals surface area contributed by atoms with Crippen LogP contribution in [0.3, 0.4) is 0 Å². The van der Waals surface area contributed by atoms with Crippen molar-refractivity contribution in [2.75, 3.05) is 19.8 Å². The molecule has 0 aromatic heterocycles. The largest absolute Gasteiger partial charge is 0.457 e. The predicted molar refractivity (Wildman–Crippen MR) is 141 cm³/mol. The van der Waals surface area contributed by atoms with Gasteiger partial charge in [0.2, 0.25) is 0 Å². The lowest BCUT2D eigenvalue weighted by Gasteiger charge is -2.15.